The molecule has 3 aromatic rings. The third-order valence-corrected chi connectivity index (χ3v) is 5.18. The number of amides is 1. The Bertz CT molecular complexity index is 996. The van der Waals surface area contributed by atoms with Crippen molar-refractivity contribution in [1.29, 1.82) is 0 Å². The monoisotopic (exact) mass is 385 g/mol. The molecule has 1 aliphatic carbocycles. The number of halogens is 2. The Labute approximate surface area is 161 Å². The smallest absolute Gasteiger partial charge is 0.227 e. The maximum atomic E-state index is 14.0. The van der Waals surface area contributed by atoms with Crippen molar-refractivity contribution in [3.8, 4) is 0 Å². The number of carbonyl (C=O) groups is 1. The predicted octanol–water partition coefficient (Wildman–Crippen LogP) is 3.55. The highest BCUT2D eigenvalue weighted by Gasteiger charge is 2.25. The molecule has 7 heteroatoms. The zero-order valence-corrected chi connectivity index (χ0v) is 15.6. The first kappa shape index (κ1) is 18.4. The second kappa shape index (κ2) is 7.58. The highest BCUT2D eigenvalue weighted by Crippen LogP contribution is 2.26. The number of rotatable bonds is 6. The average Bonchev–Trinajstić information content (AvgIpc) is 3.38. The highest BCUT2D eigenvalue weighted by atomic mass is 19.1. The first-order valence-electron chi connectivity index (χ1n) is 9.29. The topological polar surface area (TPSA) is 51.3 Å². The van der Waals surface area contributed by atoms with Gasteiger partial charge in [0, 0.05) is 18.8 Å². The molecular formula is C21H21F2N3O2. The van der Waals surface area contributed by atoms with Crippen LogP contribution in [0, 0.1) is 11.6 Å². The molecule has 2 aromatic heterocycles. The number of fused-ring (bicyclic) bond motifs is 1. The van der Waals surface area contributed by atoms with Gasteiger partial charge in [0.1, 0.15) is 17.4 Å². The number of hydrogen-bond acceptors (Lipinski definition) is 3. The van der Waals surface area contributed by atoms with E-state index in [9.17, 15) is 13.6 Å². The van der Waals surface area contributed by atoms with Crippen LogP contribution >= 0.6 is 0 Å². The van der Waals surface area contributed by atoms with Gasteiger partial charge < -0.3 is 9.32 Å². The summed E-state index contributed by atoms with van der Waals surface area (Å²) in [6, 6.07) is 6.82. The minimum atomic E-state index is -0.718. The van der Waals surface area contributed by atoms with Crippen molar-refractivity contribution in [3.05, 3.63) is 76.5 Å². The minimum Gasteiger partial charge on any atom is -0.467 e. The lowest BCUT2D eigenvalue weighted by molar-refractivity contribution is -0.132. The van der Waals surface area contributed by atoms with Gasteiger partial charge in [0.15, 0.2) is 0 Å². The molecule has 4 rings (SSSR count). The predicted molar refractivity (Wildman–Crippen MR) is 98.3 cm³/mol. The first-order chi connectivity index (χ1) is 13.5. The zero-order valence-electron chi connectivity index (χ0n) is 15.6. The molecule has 1 aromatic carbocycles. The van der Waals surface area contributed by atoms with Crippen LogP contribution in [0.3, 0.4) is 0 Å². The van der Waals surface area contributed by atoms with Gasteiger partial charge in [0.25, 0.3) is 0 Å². The average molecular weight is 385 g/mol. The molecular weight excluding hydrogens is 364 g/mol. The third-order valence-electron chi connectivity index (χ3n) is 5.18. The van der Waals surface area contributed by atoms with E-state index >= 15 is 0 Å². The van der Waals surface area contributed by atoms with E-state index in [0.29, 0.717) is 12.3 Å². The van der Waals surface area contributed by atoms with Crippen LogP contribution in [0.25, 0.3) is 0 Å². The van der Waals surface area contributed by atoms with Gasteiger partial charge in [0.2, 0.25) is 5.91 Å². The molecule has 0 N–H and O–H groups in total. The number of nitrogens with zero attached hydrogens (tertiary/aromatic N) is 3. The summed E-state index contributed by atoms with van der Waals surface area (Å²) in [5.41, 5.74) is 3.45. The largest absolute Gasteiger partial charge is 0.467 e. The molecule has 2 heterocycles. The molecule has 0 saturated heterocycles. The van der Waals surface area contributed by atoms with Gasteiger partial charge in [-0.25, -0.2) is 8.78 Å². The van der Waals surface area contributed by atoms with Crippen molar-refractivity contribution in [2.24, 2.45) is 7.05 Å². The molecule has 28 heavy (non-hydrogen) atoms. The lowest BCUT2D eigenvalue weighted by Crippen LogP contribution is -2.32. The van der Waals surface area contributed by atoms with Gasteiger partial charge in [-0.15, -0.1) is 0 Å². The summed E-state index contributed by atoms with van der Waals surface area (Å²) in [5, 5.41) is 4.59. The van der Waals surface area contributed by atoms with E-state index in [1.165, 1.54) is 17.3 Å². The summed E-state index contributed by atoms with van der Waals surface area (Å²) >= 11 is 0. The van der Waals surface area contributed by atoms with Gasteiger partial charge >= 0.3 is 0 Å². The molecule has 1 aliphatic rings. The van der Waals surface area contributed by atoms with Crippen LogP contribution in [0.15, 0.2) is 41.0 Å². The van der Waals surface area contributed by atoms with Crippen LogP contribution in [0.2, 0.25) is 0 Å². The van der Waals surface area contributed by atoms with Crippen molar-refractivity contribution in [2.45, 2.75) is 38.8 Å². The maximum Gasteiger partial charge on any atom is 0.227 e. The number of aromatic nitrogens is 2. The zero-order chi connectivity index (χ0) is 19.7. The van der Waals surface area contributed by atoms with Gasteiger partial charge in [-0.1, -0.05) is 6.07 Å². The standard InChI is InChI=1S/C21H21F2N3O2/c1-25-20-6-2-5-17(20)19(24-25)13-26(12-16-4-3-9-28-16)21(27)10-14-7-8-15(22)11-18(14)23/h3-4,7-9,11H,2,5-6,10,12-13H2,1H3. The second-order valence-electron chi connectivity index (χ2n) is 7.09. The van der Waals surface area contributed by atoms with Crippen molar-refractivity contribution in [2.75, 3.05) is 0 Å². The van der Waals surface area contributed by atoms with Crippen LogP contribution in [-0.2, 0) is 44.2 Å². The van der Waals surface area contributed by atoms with Crippen LogP contribution in [0.1, 0.15) is 34.7 Å². The number of carbonyl (C=O) groups excluding carboxylic acids is 1. The number of aryl methyl sites for hydroxylation is 1. The number of furan rings is 1. The second-order valence-corrected chi connectivity index (χ2v) is 7.09. The number of benzene rings is 1. The lowest BCUT2D eigenvalue weighted by Gasteiger charge is -2.21. The molecule has 0 bridgehead atoms. The Hall–Kier alpha value is -2.96. The van der Waals surface area contributed by atoms with E-state index < -0.39 is 11.6 Å². The molecule has 0 radical (unpaired) electrons. The van der Waals surface area contributed by atoms with Crippen LogP contribution in [0.5, 0.6) is 0 Å². The fourth-order valence-electron chi connectivity index (χ4n) is 3.77. The van der Waals surface area contributed by atoms with Crippen molar-refractivity contribution < 1.29 is 18.0 Å². The van der Waals surface area contributed by atoms with E-state index in [2.05, 4.69) is 5.10 Å². The number of hydrogen-bond donors (Lipinski definition) is 0. The van der Waals surface area contributed by atoms with E-state index in [-0.39, 0.29) is 24.4 Å². The quantitative estimate of drug-likeness (QED) is 0.652. The minimum absolute atomic E-state index is 0.151. The van der Waals surface area contributed by atoms with Gasteiger partial charge in [-0.2, -0.15) is 5.10 Å². The summed E-state index contributed by atoms with van der Waals surface area (Å²) in [6.07, 6.45) is 4.43. The Kier molecular flexibility index (Phi) is 4.98. The molecule has 1 amide bonds. The van der Waals surface area contributed by atoms with Gasteiger partial charge in [-0.05, 0) is 48.6 Å². The molecule has 5 nitrogen and oxygen atoms in total. The van der Waals surface area contributed by atoms with Crippen molar-refractivity contribution in [3.63, 3.8) is 0 Å². The summed E-state index contributed by atoms with van der Waals surface area (Å²) in [4.78, 5) is 14.6. The maximum absolute atomic E-state index is 14.0. The summed E-state index contributed by atoms with van der Waals surface area (Å²) < 4.78 is 34.4. The normalized spacial score (nSPS) is 13.0. The summed E-state index contributed by atoms with van der Waals surface area (Å²) in [6.45, 7) is 0.589. The first-order valence-corrected chi connectivity index (χ1v) is 9.29. The fourth-order valence-corrected chi connectivity index (χ4v) is 3.77. The molecule has 0 aliphatic heterocycles. The fraction of sp³-hybridized carbons (Fsp3) is 0.333. The summed E-state index contributed by atoms with van der Waals surface area (Å²) in [5.74, 6) is -1.00. The van der Waals surface area contributed by atoms with Crippen LogP contribution in [0.4, 0.5) is 8.78 Å². The van der Waals surface area contributed by atoms with Crippen LogP contribution in [-0.4, -0.2) is 20.6 Å². The van der Waals surface area contributed by atoms with Crippen molar-refractivity contribution in [1.82, 2.24) is 14.7 Å². The van der Waals surface area contributed by atoms with Crippen molar-refractivity contribution >= 4 is 5.91 Å². The molecule has 0 spiro atoms. The van der Waals surface area contributed by atoms with E-state index in [0.717, 1.165) is 37.1 Å². The highest BCUT2D eigenvalue weighted by molar-refractivity contribution is 5.78. The molecule has 0 saturated carbocycles. The van der Waals surface area contributed by atoms with Gasteiger partial charge in [0.05, 0.1) is 31.5 Å². The third kappa shape index (κ3) is 3.69. The molecule has 0 unspecified atom stereocenters. The Morgan fingerprint density at radius 2 is 2.11 bits per heavy atom. The Balaban J connectivity index is 1.58. The molecule has 0 fully saturated rings. The SMILES string of the molecule is Cn1nc(CN(Cc2ccco2)C(=O)Cc2ccc(F)cc2F)c2c1CCC2. The Morgan fingerprint density at radius 1 is 1.25 bits per heavy atom. The van der Waals surface area contributed by atoms with E-state index in [4.69, 9.17) is 4.42 Å². The molecule has 146 valence electrons. The Morgan fingerprint density at radius 3 is 2.86 bits per heavy atom. The summed E-state index contributed by atoms with van der Waals surface area (Å²) in [7, 11) is 1.92. The van der Waals surface area contributed by atoms with Gasteiger partial charge in [-0.3, -0.25) is 9.48 Å². The van der Waals surface area contributed by atoms with E-state index in [1.54, 1.807) is 23.3 Å². The lowest BCUT2D eigenvalue weighted by atomic mass is 10.1. The molecule has 0 atom stereocenters. The van der Waals surface area contributed by atoms with E-state index in [1.807, 2.05) is 11.7 Å². The van der Waals surface area contributed by atoms with Crippen LogP contribution < -0.4 is 0 Å².